The first-order valence-corrected chi connectivity index (χ1v) is 8.10. The van der Waals surface area contributed by atoms with Gasteiger partial charge in [0.15, 0.2) is 5.96 Å². The number of rotatable bonds is 5. The highest BCUT2D eigenvalue weighted by Gasteiger charge is 2.20. The molecule has 1 aliphatic rings. The minimum Gasteiger partial charge on any atom is -0.355 e. The van der Waals surface area contributed by atoms with Crippen molar-refractivity contribution in [1.82, 2.24) is 14.9 Å². The molecule has 1 aromatic rings. The smallest absolute Gasteiger partial charge is 0.242 e. The number of halogens is 1. The van der Waals surface area contributed by atoms with Gasteiger partial charge < -0.3 is 10.6 Å². The third-order valence-electron chi connectivity index (χ3n) is 3.15. The Hall–Kier alpha value is -1.67. The lowest BCUT2D eigenvalue weighted by molar-refractivity contribution is 0.470. The SMILES string of the molecule is CC1CN=C(NCCN(C)S(=O)(=O)c2ccc(F)cc2)N1. The Morgan fingerprint density at radius 3 is 2.67 bits per heavy atom. The van der Waals surface area contributed by atoms with E-state index in [2.05, 4.69) is 15.6 Å². The van der Waals surface area contributed by atoms with Crippen LogP contribution in [0.3, 0.4) is 0 Å². The minimum atomic E-state index is -3.60. The first-order chi connectivity index (χ1) is 9.89. The van der Waals surface area contributed by atoms with Crippen LogP contribution in [0.2, 0.25) is 0 Å². The van der Waals surface area contributed by atoms with Crippen molar-refractivity contribution < 1.29 is 12.8 Å². The second kappa shape index (κ2) is 6.40. The van der Waals surface area contributed by atoms with Gasteiger partial charge in [-0.05, 0) is 31.2 Å². The highest BCUT2D eigenvalue weighted by molar-refractivity contribution is 7.89. The van der Waals surface area contributed by atoms with Crippen LogP contribution in [-0.2, 0) is 10.0 Å². The van der Waals surface area contributed by atoms with Gasteiger partial charge in [-0.15, -0.1) is 0 Å². The third kappa shape index (κ3) is 3.92. The van der Waals surface area contributed by atoms with Gasteiger partial charge in [0.1, 0.15) is 5.82 Å². The summed E-state index contributed by atoms with van der Waals surface area (Å²) >= 11 is 0. The van der Waals surface area contributed by atoms with Gasteiger partial charge in [-0.2, -0.15) is 4.31 Å². The number of nitrogens with one attached hydrogen (secondary N) is 2. The average molecular weight is 314 g/mol. The van der Waals surface area contributed by atoms with E-state index in [-0.39, 0.29) is 11.4 Å². The summed E-state index contributed by atoms with van der Waals surface area (Å²) in [6.45, 7) is 3.46. The molecule has 2 N–H and O–H groups in total. The van der Waals surface area contributed by atoms with E-state index in [0.717, 1.165) is 12.1 Å². The molecule has 0 saturated carbocycles. The van der Waals surface area contributed by atoms with Crippen LogP contribution in [-0.4, -0.2) is 51.4 Å². The second-order valence-electron chi connectivity index (χ2n) is 4.94. The van der Waals surface area contributed by atoms with Crippen molar-refractivity contribution in [2.24, 2.45) is 4.99 Å². The molecule has 6 nitrogen and oxygen atoms in total. The Kier molecular flexibility index (Phi) is 4.79. The quantitative estimate of drug-likeness (QED) is 0.824. The predicted molar refractivity (Wildman–Crippen MR) is 79.1 cm³/mol. The van der Waals surface area contributed by atoms with E-state index >= 15 is 0 Å². The second-order valence-corrected chi connectivity index (χ2v) is 6.99. The van der Waals surface area contributed by atoms with E-state index in [9.17, 15) is 12.8 Å². The lowest BCUT2D eigenvalue weighted by Gasteiger charge is -2.18. The van der Waals surface area contributed by atoms with Gasteiger partial charge in [0.2, 0.25) is 10.0 Å². The molecule has 1 aliphatic heterocycles. The molecule has 0 radical (unpaired) electrons. The maximum absolute atomic E-state index is 12.8. The molecule has 0 bridgehead atoms. The zero-order valence-corrected chi connectivity index (χ0v) is 12.8. The summed E-state index contributed by atoms with van der Waals surface area (Å²) in [7, 11) is -2.10. The van der Waals surface area contributed by atoms with Gasteiger partial charge in [0, 0.05) is 26.2 Å². The fraction of sp³-hybridized carbons (Fsp3) is 0.462. The van der Waals surface area contributed by atoms with E-state index in [1.807, 2.05) is 6.92 Å². The van der Waals surface area contributed by atoms with Crippen molar-refractivity contribution in [2.75, 3.05) is 26.7 Å². The number of benzene rings is 1. The molecular formula is C13H19FN4O2S. The summed E-state index contributed by atoms with van der Waals surface area (Å²) in [5, 5.41) is 6.18. The minimum absolute atomic E-state index is 0.0800. The molecule has 1 heterocycles. The molecule has 116 valence electrons. The summed E-state index contributed by atoms with van der Waals surface area (Å²) in [5.74, 6) is 0.229. The molecule has 21 heavy (non-hydrogen) atoms. The van der Waals surface area contributed by atoms with Crippen LogP contribution in [0.4, 0.5) is 4.39 Å². The molecule has 2 rings (SSSR count). The van der Waals surface area contributed by atoms with Gasteiger partial charge in [-0.1, -0.05) is 0 Å². The fourth-order valence-corrected chi connectivity index (χ4v) is 3.07. The molecule has 0 amide bonds. The Balaban J connectivity index is 1.90. The Labute approximate surface area is 124 Å². The van der Waals surface area contributed by atoms with Crippen LogP contribution in [0.5, 0.6) is 0 Å². The molecule has 0 aromatic heterocycles. The molecule has 0 saturated heterocycles. The Bertz CT molecular complexity index is 616. The zero-order valence-electron chi connectivity index (χ0n) is 12.0. The summed E-state index contributed by atoms with van der Waals surface area (Å²) in [6.07, 6.45) is 0. The lowest BCUT2D eigenvalue weighted by atomic mass is 10.4. The monoisotopic (exact) mass is 314 g/mol. The number of aliphatic imine (C=N–C) groups is 1. The van der Waals surface area contributed by atoms with E-state index in [4.69, 9.17) is 0 Å². The van der Waals surface area contributed by atoms with Gasteiger partial charge in [-0.3, -0.25) is 4.99 Å². The topological polar surface area (TPSA) is 73.8 Å². The van der Waals surface area contributed by atoms with Crippen LogP contribution >= 0.6 is 0 Å². The van der Waals surface area contributed by atoms with Crippen molar-refractivity contribution in [2.45, 2.75) is 17.9 Å². The highest BCUT2D eigenvalue weighted by Crippen LogP contribution is 2.14. The van der Waals surface area contributed by atoms with Gasteiger partial charge in [0.25, 0.3) is 0 Å². The maximum atomic E-state index is 12.8. The van der Waals surface area contributed by atoms with Crippen molar-refractivity contribution in [3.63, 3.8) is 0 Å². The van der Waals surface area contributed by atoms with Crippen LogP contribution in [0.1, 0.15) is 6.92 Å². The molecule has 1 aromatic carbocycles. The number of hydrogen-bond donors (Lipinski definition) is 2. The number of nitrogens with zero attached hydrogens (tertiary/aromatic N) is 2. The van der Waals surface area contributed by atoms with Crippen molar-refractivity contribution in [1.29, 1.82) is 0 Å². The highest BCUT2D eigenvalue weighted by atomic mass is 32.2. The summed E-state index contributed by atoms with van der Waals surface area (Å²) in [6, 6.07) is 5.10. The fourth-order valence-electron chi connectivity index (χ4n) is 1.90. The summed E-state index contributed by atoms with van der Waals surface area (Å²) in [4.78, 5) is 4.31. The van der Waals surface area contributed by atoms with E-state index in [1.54, 1.807) is 0 Å². The van der Waals surface area contributed by atoms with Crippen molar-refractivity contribution in [3.8, 4) is 0 Å². The van der Waals surface area contributed by atoms with Crippen LogP contribution in [0.15, 0.2) is 34.2 Å². The standard InChI is InChI=1S/C13H19FN4O2S/c1-10-9-16-13(17-10)15-7-8-18(2)21(19,20)12-5-3-11(14)4-6-12/h3-6,10H,7-9H2,1-2H3,(H2,15,16,17). The van der Waals surface area contributed by atoms with Crippen LogP contribution in [0.25, 0.3) is 0 Å². The number of guanidine groups is 1. The Morgan fingerprint density at radius 1 is 1.43 bits per heavy atom. The molecule has 8 heteroatoms. The van der Waals surface area contributed by atoms with Crippen molar-refractivity contribution >= 4 is 16.0 Å². The molecule has 0 spiro atoms. The Morgan fingerprint density at radius 2 is 2.10 bits per heavy atom. The van der Waals surface area contributed by atoms with Gasteiger partial charge in [0.05, 0.1) is 11.4 Å². The summed E-state index contributed by atoms with van der Waals surface area (Å²) < 4.78 is 38.6. The molecule has 1 atom stereocenters. The van der Waals surface area contributed by atoms with Crippen LogP contribution < -0.4 is 10.6 Å². The molecule has 1 unspecified atom stereocenters. The zero-order chi connectivity index (χ0) is 15.5. The summed E-state index contributed by atoms with van der Waals surface area (Å²) in [5.41, 5.74) is 0. The predicted octanol–water partition coefficient (Wildman–Crippen LogP) is 0.383. The third-order valence-corrected chi connectivity index (χ3v) is 5.02. The van der Waals surface area contributed by atoms with Crippen molar-refractivity contribution in [3.05, 3.63) is 30.1 Å². The maximum Gasteiger partial charge on any atom is 0.242 e. The number of hydrogen-bond acceptors (Lipinski definition) is 5. The normalized spacial score (nSPS) is 18.5. The first kappa shape index (κ1) is 15.7. The van der Waals surface area contributed by atoms with E-state index < -0.39 is 15.8 Å². The van der Waals surface area contributed by atoms with Gasteiger partial charge >= 0.3 is 0 Å². The molecule has 0 fully saturated rings. The molecular weight excluding hydrogens is 295 g/mol. The first-order valence-electron chi connectivity index (χ1n) is 6.66. The lowest BCUT2D eigenvalue weighted by Crippen LogP contribution is -2.41. The van der Waals surface area contributed by atoms with Crippen LogP contribution in [0, 0.1) is 5.82 Å². The average Bonchev–Trinajstić information content (AvgIpc) is 2.85. The van der Waals surface area contributed by atoms with E-state index in [0.29, 0.717) is 25.1 Å². The molecule has 0 aliphatic carbocycles. The largest absolute Gasteiger partial charge is 0.355 e. The number of likely N-dealkylation sites (N-methyl/N-ethyl adjacent to an activating group) is 1. The number of sulfonamides is 1. The van der Waals surface area contributed by atoms with E-state index in [1.165, 1.54) is 23.5 Å². The van der Waals surface area contributed by atoms with Gasteiger partial charge in [-0.25, -0.2) is 12.8 Å².